The van der Waals surface area contributed by atoms with Crippen LogP contribution in [0.25, 0.3) is 0 Å². The van der Waals surface area contributed by atoms with Crippen LogP contribution in [0.2, 0.25) is 0 Å². The van der Waals surface area contributed by atoms with Crippen molar-refractivity contribution in [3.8, 4) is 0 Å². The van der Waals surface area contributed by atoms with E-state index in [4.69, 9.17) is 5.11 Å². The fourth-order valence-corrected chi connectivity index (χ4v) is 0.531. The molecule has 1 heterocycles. The fourth-order valence-electron chi connectivity index (χ4n) is 0.531. The second-order valence-electron chi connectivity index (χ2n) is 1.68. The van der Waals surface area contributed by atoms with Gasteiger partial charge in [-0.05, 0) is 16.8 Å². The number of aliphatic hydroxyl groups excluding tert-OH is 1. The molecule has 0 amide bonds. The van der Waals surface area contributed by atoms with Gasteiger partial charge in [-0.15, -0.1) is 5.10 Å². The molecule has 0 atom stereocenters. The summed E-state index contributed by atoms with van der Waals surface area (Å²) < 4.78 is 0. The zero-order chi connectivity index (χ0) is 6.53. The van der Waals surface area contributed by atoms with Crippen molar-refractivity contribution in [2.75, 3.05) is 6.61 Å². The Morgan fingerprint density at radius 2 is 2.44 bits per heavy atom. The number of aromatic amines is 1. The van der Waals surface area contributed by atoms with Crippen LogP contribution in [0.5, 0.6) is 0 Å². The lowest BCUT2D eigenvalue weighted by Crippen LogP contribution is -1.91. The lowest BCUT2D eigenvalue weighted by molar-refractivity contribution is 0.287. The van der Waals surface area contributed by atoms with Gasteiger partial charge in [0, 0.05) is 13.0 Å². The lowest BCUT2D eigenvalue weighted by Gasteiger charge is -1.87. The van der Waals surface area contributed by atoms with Gasteiger partial charge in [0.2, 0.25) is 0 Å². The Bertz CT molecular complexity index is 150. The van der Waals surface area contributed by atoms with Crippen LogP contribution in [-0.4, -0.2) is 32.3 Å². The minimum absolute atomic E-state index is 0.181. The summed E-state index contributed by atoms with van der Waals surface area (Å²) >= 11 is 0. The number of aliphatic hydroxyl groups is 1. The van der Waals surface area contributed by atoms with Crippen molar-refractivity contribution in [3.63, 3.8) is 0 Å². The van der Waals surface area contributed by atoms with Gasteiger partial charge in [-0.3, -0.25) is 0 Å². The van der Waals surface area contributed by atoms with Gasteiger partial charge in [0.15, 0.2) is 0 Å². The van der Waals surface area contributed by atoms with Crippen LogP contribution in [0.15, 0.2) is 0 Å². The molecule has 0 unspecified atom stereocenters. The van der Waals surface area contributed by atoms with Gasteiger partial charge in [0.1, 0.15) is 5.82 Å². The van der Waals surface area contributed by atoms with Crippen LogP contribution >= 0.6 is 0 Å². The number of nitrogens with zero attached hydrogens (tertiary/aromatic N) is 3. The normalized spacial score (nSPS) is 9.89. The average Bonchev–Trinajstić information content (AvgIpc) is 2.34. The number of hydrogen-bond acceptors (Lipinski definition) is 4. The predicted octanol–water partition coefficient (Wildman–Crippen LogP) is -0.875. The average molecular weight is 128 g/mol. The van der Waals surface area contributed by atoms with E-state index in [9.17, 15) is 0 Å². The lowest BCUT2D eigenvalue weighted by atomic mass is 10.3. The second kappa shape index (κ2) is 3.13. The number of rotatable bonds is 3. The summed E-state index contributed by atoms with van der Waals surface area (Å²) in [5.74, 6) is 0.726. The molecule has 1 aromatic rings. The molecule has 0 saturated heterocycles. The number of tetrazole rings is 1. The van der Waals surface area contributed by atoms with Crippen molar-refractivity contribution in [3.05, 3.63) is 5.82 Å². The van der Waals surface area contributed by atoms with Crippen molar-refractivity contribution in [1.82, 2.24) is 20.6 Å². The quantitative estimate of drug-likeness (QED) is 0.554. The SMILES string of the molecule is OCCCc1nnn[nH]1. The van der Waals surface area contributed by atoms with Crippen LogP contribution in [-0.2, 0) is 6.42 Å². The molecule has 1 aromatic heterocycles. The van der Waals surface area contributed by atoms with E-state index in [0.717, 1.165) is 5.82 Å². The van der Waals surface area contributed by atoms with Crippen LogP contribution < -0.4 is 0 Å². The van der Waals surface area contributed by atoms with Gasteiger partial charge in [-0.25, -0.2) is 5.10 Å². The second-order valence-corrected chi connectivity index (χ2v) is 1.68. The van der Waals surface area contributed by atoms with Crippen molar-refractivity contribution in [2.24, 2.45) is 0 Å². The van der Waals surface area contributed by atoms with Gasteiger partial charge in [-0.1, -0.05) is 0 Å². The van der Waals surface area contributed by atoms with Crippen molar-refractivity contribution in [1.29, 1.82) is 0 Å². The monoisotopic (exact) mass is 128 g/mol. The third kappa shape index (κ3) is 1.77. The summed E-state index contributed by atoms with van der Waals surface area (Å²) in [5, 5.41) is 21.3. The van der Waals surface area contributed by atoms with E-state index in [1.807, 2.05) is 0 Å². The molecular formula is C4H8N4O. The van der Waals surface area contributed by atoms with Crippen molar-refractivity contribution in [2.45, 2.75) is 12.8 Å². The van der Waals surface area contributed by atoms with Crippen LogP contribution in [0.1, 0.15) is 12.2 Å². The summed E-state index contributed by atoms with van der Waals surface area (Å²) in [4.78, 5) is 0. The molecule has 5 heteroatoms. The minimum atomic E-state index is 0.181. The minimum Gasteiger partial charge on any atom is -0.396 e. The van der Waals surface area contributed by atoms with E-state index >= 15 is 0 Å². The van der Waals surface area contributed by atoms with E-state index in [1.54, 1.807) is 0 Å². The molecule has 0 aliphatic carbocycles. The molecular weight excluding hydrogens is 120 g/mol. The topological polar surface area (TPSA) is 74.7 Å². The van der Waals surface area contributed by atoms with Gasteiger partial charge in [0.05, 0.1) is 0 Å². The third-order valence-corrected chi connectivity index (χ3v) is 0.961. The first-order valence-corrected chi connectivity index (χ1v) is 2.77. The van der Waals surface area contributed by atoms with Gasteiger partial charge in [0.25, 0.3) is 0 Å². The molecule has 0 spiro atoms. The smallest absolute Gasteiger partial charge is 0.148 e. The fraction of sp³-hybridized carbons (Fsp3) is 0.750. The maximum atomic E-state index is 8.38. The maximum absolute atomic E-state index is 8.38. The summed E-state index contributed by atoms with van der Waals surface area (Å²) in [7, 11) is 0. The summed E-state index contributed by atoms with van der Waals surface area (Å²) in [6.07, 6.45) is 1.42. The Balaban J connectivity index is 2.30. The van der Waals surface area contributed by atoms with E-state index in [-0.39, 0.29) is 6.61 Å². The largest absolute Gasteiger partial charge is 0.396 e. The highest BCUT2D eigenvalue weighted by Crippen LogP contribution is 1.88. The molecule has 0 aliphatic rings. The molecule has 1 rings (SSSR count). The van der Waals surface area contributed by atoms with Crippen LogP contribution in [0, 0.1) is 0 Å². The zero-order valence-corrected chi connectivity index (χ0v) is 4.91. The number of hydrogen-bond donors (Lipinski definition) is 2. The predicted molar refractivity (Wildman–Crippen MR) is 29.6 cm³/mol. The molecule has 0 bridgehead atoms. The first-order valence-electron chi connectivity index (χ1n) is 2.77. The van der Waals surface area contributed by atoms with E-state index in [0.29, 0.717) is 12.8 Å². The molecule has 0 saturated carbocycles. The highest BCUT2D eigenvalue weighted by molar-refractivity contribution is 4.74. The number of H-pyrrole nitrogens is 1. The maximum Gasteiger partial charge on any atom is 0.148 e. The van der Waals surface area contributed by atoms with Gasteiger partial charge in [-0.2, -0.15) is 0 Å². The van der Waals surface area contributed by atoms with E-state index in [1.165, 1.54) is 0 Å². The standard InChI is InChI=1S/C4H8N4O/c9-3-1-2-4-5-7-8-6-4/h9H,1-3H2,(H,5,6,7,8). The molecule has 9 heavy (non-hydrogen) atoms. The Kier molecular flexibility index (Phi) is 2.14. The van der Waals surface area contributed by atoms with Gasteiger partial charge >= 0.3 is 0 Å². The highest BCUT2D eigenvalue weighted by atomic mass is 16.2. The van der Waals surface area contributed by atoms with E-state index in [2.05, 4.69) is 20.6 Å². The third-order valence-electron chi connectivity index (χ3n) is 0.961. The molecule has 0 aliphatic heterocycles. The molecule has 0 aromatic carbocycles. The van der Waals surface area contributed by atoms with Crippen molar-refractivity contribution < 1.29 is 5.11 Å². The van der Waals surface area contributed by atoms with E-state index < -0.39 is 0 Å². The Morgan fingerprint density at radius 1 is 1.56 bits per heavy atom. The Labute approximate surface area is 52.1 Å². The summed E-state index contributed by atoms with van der Waals surface area (Å²) in [5.41, 5.74) is 0. The van der Waals surface area contributed by atoms with Crippen LogP contribution in [0.3, 0.4) is 0 Å². The zero-order valence-electron chi connectivity index (χ0n) is 4.91. The summed E-state index contributed by atoms with van der Waals surface area (Å²) in [6, 6.07) is 0. The molecule has 2 N–H and O–H groups in total. The Hall–Kier alpha value is -0.970. The first-order chi connectivity index (χ1) is 4.43. The number of aryl methyl sites for hydroxylation is 1. The van der Waals surface area contributed by atoms with Gasteiger partial charge < -0.3 is 5.11 Å². The Morgan fingerprint density at radius 3 is 3.00 bits per heavy atom. The highest BCUT2D eigenvalue weighted by Gasteiger charge is 1.93. The summed E-state index contributed by atoms with van der Waals surface area (Å²) in [6.45, 7) is 0.181. The first kappa shape index (κ1) is 6.15. The molecule has 5 nitrogen and oxygen atoms in total. The van der Waals surface area contributed by atoms with Crippen molar-refractivity contribution >= 4 is 0 Å². The molecule has 0 fully saturated rings. The van der Waals surface area contributed by atoms with Crippen LogP contribution in [0.4, 0.5) is 0 Å². The number of aromatic nitrogens is 4. The molecule has 50 valence electrons. The number of nitrogens with one attached hydrogen (secondary N) is 1. The molecule has 0 radical (unpaired) electrons.